The fourth-order valence-electron chi connectivity index (χ4n) is 4.14. The van der Waals surface area contributed by atoms with E-state index in [1.807, 2.05) is 0 Å². The molecule has 3 N–H and O–H groups in total. The van der Waals surface area contributed by atoms with Crippen molar-refractivity contribution >= 4 is 47.0 Å². The van der Waals surface area contributed by atoms with Crippen molar-refractivity contribution in [3.05, 3.63) is 46.5 Å². The van der Waals surface area contributed by atoms with Gasteiger partial charge < -0.3 is 29.8 Å². The zero-order chi connectivity index (χ0) is 31.0. The average molecular weight is 603 g/mol. The molecule has 0 aliphatic carbocycles. The number of hydrogen-bond donors (Lipinski definition) is 3. The Hall–Kier alpha value is -4.39. The molecule has 3 heterocycles. The monoisotopic (exact) mass is 602 g/mol. The van der Waals surface area contributed by atoms with E-state index in [-0.39, 0.29) is 45.3 Å². The standard InChI is InChI=1S/C28H32ClFN6O6/c1-27(2,3)41-25(38)36(26(39)42-28(4,5)6)24-32-11-9-17(35-24)20-21(19-16(33-20)8-10-31-23(19)37)34-18-13-14(30)12-15(29)22(18)40-7/h9,11-13,33-34H,8,10H2,1-7H3,(H,31,37). The van der Waals surface area contributed by atoms with Crippen LogP contribution in [-0.2, 0) is 15.9 Å². The molecule has 0 saturated heterocycles. The summed E-state index contributed by atoms with van der Waals surface area (Å²) in [4.78, 5) is 51.7. The molecule has 4 rings (SSSR count). The second-order valence-corrected chi connectivity index (χ2v) is 11.8. The molecule has 224 valence electrons. The smallest absolute Gasteiger partial charge is 0.427 e. The molecular formula is C28H32ClFN6O6. The van der Waals surface area contributed by atoms with Crippen molar-refractivity contribution in [2.45, 2.75) is 59.2 Å². The van der Waals surface area contributed by atoms with Crippen molar-refractivity contribution in [1.29, 1.82) is 0 Å². The van der Waals surface area contributed by atoms with Gasteiger partial charge in [0.2, 0.25) is 5.95 Å². The largest absolute Gasteiger partial charge is 0.493 e. The maximum Gasteiger partial charge on any atom is 0.427 e. The highest BCUT2D eigenvalue weighted by Gasteiger charge is 2.35. The van der Waals surface area contributed by atoms with Crippen LogP contribution in [0, 0.1) is 5.82 Å². The van der Waals surface area contributed by atoms with Crippen molar-refractivity contribution in [2.24, 2.45) is 0 Å². The topological polar surface area (TPSA) is 148 Å². The van der Waals surface area contributed by atoms with Crippen LogP contribution in [0.1, 0.15) is 57.6 Å². The number of H-pyrrole nitrogens is 1. The first-order valence-corrected chi connectivity index (χ1v) is 13.4. The van der Waals surface area contributed by atoms with Gasteiger partial charge in [-0.3, -0.25) is 4.79 Å². The molecular weight excluding hydrogens is 571 g/mol. The van der Waals surface area contributed by atoms with Crippen molar-refractivity contribution < 1.29 is 33.0 Å². The van der Waals surface area contributed by atoms with Gasteiger partial charge in [-0.05, 0) is 53.7 Å². The third kappa shape index (κ3) is 6.73. The number of rotatable bonds is 5. The van der Waals surface area contributed by atoms with Crippen LogP contribution in [0.25, 0.3) is 11.4 Å². The lowest BCUT2D eigenvalue weighted by Gasteiger charge is -2.27. The van der Waals surface area contributed by atoms with Crippen LogP contribution in [0.5, 0.6) is 5.75 Å². The van der Waals surface area contributed by atoms with Gasteiger partial charge in [-0.1, -0.05) is 11.6 Å². The molecule has 12 nitrogen and oxygen atoms in total. The third-order valence-electron chi connectivity index (χ3n) is 5.69. The zero-order valence-electron chi connectivity index (χ0n) is 24.3. The Morgan fingerprint density at radius 3 is 2.33 bits per heavy atom. The fraction of sp³-hybridized carbons (Fsp3) is 0.393. The number of amides is 3. The first-order valence-electron chi connectivity index (χ1n) is 13.0. The highest BCUT2D eigenvalue weighted by molar-refractivity contribution is 6.32. The van der Waals surface area contributed by atoms with Crippen LogP contribution in [0.15, 0.2) is 24.4 Å². The molecule has 0 fully saturated rings. The summed E-state index contributed by atoms with van der Waals surface area (Å²) in [7, 11) is 1.38. The number of carbonyl (C=O) groups excluding carboxylic acids is 3. The first-order chi connectivity index (χ1) is 19.6. The summed E-state index contributed by atoms with van der Waals surface area (Å²) in [6.45, 7) is 10.3. The number of anilines is 3. The van der Waals surface area contributed by atoms with Gasteiger partial charge >= 0.3 is 12.2 Å². The molecule has 0 radical (unpaired) electrons. The lowest BCUT2D eigenvalue weighted by Crippen LogP contribution is -2.44. The summed E-state index contributed by atoms with van der Waals surface area (Å²) < 4.78 is 30.6. The number of nitrogens with zero attached hydrogens (tertiary/aromatic N) is 3. The number of methoxy groups -OCH3 is 1. The van der Waals surface area contributed by atoms with Gasteiger partial charge in [-0.25, -0.2) is 23.9 Å². The fourth-order valence-corrected chi connectivity index (χ4v) is 4.42. The molecule has 1 aliphatic rings. The molecule has 3 amide bonds. The Balaban J connectivity index is 1.86. The summed E-state index contributed by atoms with van der Waals surface area (Å²) in [5, 5.41) is 5.88. The molecule has 14 heteroatoms. The lowest BCUT2D eigenvalue weighted by atomic mass is 10.1. The lowest BCUT2D eigenvalue weighted by molar-refractivity contribution is 0.0427. The Labute approximate surface area is 246 Å². The number of nitrogens with one attached hydrogen (secondary N) is 3. The molecule has 0 atom stereocenters. The molecule has 3 aromatic rings. The van der Waals surface area contributed by atoms with Crippen molar-refractivity contribution in [3.63, 3.8) is 0 Å². The maximum absolute atomic E-state index is 14.4. The molecule has 0 bridgehead atoms. The second kappa shape index (κ2) is 11.5. The van der Waals surface area contributed by atoms with Crippen LogP contribution in [-0.4, -0.2) is 57.9 Å². The van der Waals surface area contributed by atoms with Crippen LogP contribution < -0.4 is 20.3 Å². The predicted molar refractivity (Wildman–Crippen MR) is 154 cm³/mol. The maximum atomic E-state index is 14.4. The molecule has 0 saturated carbocycles. The number of ether oxygens (including phenoxy) is 3. The highest BCUT2D eigenvalue weighted by Crippen LogP contribution is 2.41. The van der Waals surface area contributed by atoms with Crippen LogP contribution >= 0.6 is 11.6 Å². The minimum Gasteiger partial charge on any atom is -0.493 e. The van der Waals surface area contributed by atoms with E-state index in [0.717, 1.165) is 6.07 Å². The molecule has 1 aliphatic heterocycles. The number of halogens is 2. The van der Waals surface area contributed by atoms with Gasteiger partial charge in [0.15, 0.2) is 5.75 Å². The Bertz CT molecular complexity index is 1520. The Morgan fingerprint density at radius 1 is 1.10 bits per heavy atom. The summed E-state index contributed by atoms with van der Waals surface area (Å²) in [6.07, 6.45) is -0.285. The van der Waals surface area contributed by atoms with Gasteiger partial charge in [0.1, 0.15) is 17.0 Å². The van der Waals surface area contributed by atoms with Crippen molar-refractivity contribution in [2.75, 3.05) is 23.9 Å². The van der Waals surface area contributed by atoms with E-state index >= 15 is 0 Å². The number of benzene rings is 1. The number of aromatic nitrogens is 3. The van der Waals surface area contributed by atoms with Gasteiger partial charge in [0.25, 0.3) is 5.91 Å². The van der Waals surface area contributed by atoms with Gasteiger partial charge in [0.05, 0.1) is 40.5 Å². The number of carbonyl (C=O) groups is 3. The Morgan fingerprint density at radius 2 is 1.74 bits per heavy atom. The molecule has 1 aromatic carbocycles. The Kier molecular flexibility index (Phi) is 8.35. The minimum atomic E-state index is -1.04. The number of aromatic amines is 1. The molecule has 42 heavy (non-hydrogen) atoms. The molecule has 2 aromatic heterocycles. The minimum absolute atomic E-state index is 0.0186. The van der Waals surface area contributed by atoms with E-state index in [2.05, 4.69) is 25.6 Å². The number of fused-ring (bicyclic) bond motifs is 1. The van der Waals surface area contributed by atoms with E-state index in [0.29, 0.717) is 29.3 Å². The zero-order valence-corrected chi connectivity index (χ0v) is 25.0. The van der Waals surface area contributed by atoms with E-state index in [1.165, 1.54) is 25.4 Å². The van der Waals surface area contributed by atoms with E-state index < -0.39 is 29.2 Å². The molecule has 0 unspecified atom stereocenters. The third-order valence-corrected chi connectivity index (χ3v) is 5.97. The number of imide groups is 1. The van der Waals surface area contributed by atoms with E-state index in [4.69, 9.17) is 25.8 Å². The normalized spacial score (nSPS) is 13.1. The number of hydrogen-bond acceptors (Lipinski definition) is 9. The van der Waals surface area contributed by atoms with Crippen molar-refractivity contribution in [3.8, 4) is 17.1 Å². The summed E-state index contributed by atoms with van der Waals surface area (Å²) >= 11 is 6.20. The molecule has 0 spiro atoms. The van der Waals surface area contributed by atoms with Gasteiger partial charge in [-0.15, -0.1) is 4.90 Å². The average Bonchev–Trinajstić information content (AvgIpc) is 3.21. The van der Waals surface area contributed by atoms with Gasteiger partial charge in [-0.2, -0.15) is 0 Å². The predicted octanol–water partition coefficient (Wildman–Crippen LogP) is 5.98. The first kappa shape index (κ1) is 30.6. The summed E-state index contributed by atoms with van der Waals surface area (Å²) in [5.41, 5.74) is -0.120. The quantitative estimate of drug-likeness (QED) is 0.321. The van der Waals surface area contributed by atoms with Crippen molar-refractivity contribution in [1.82, 2.24) is 20.3 Å². The van der Waals surface area contributed by atoms with Crippen LogP contribution in [0.4, 0.5) is 31.3 Å². The van der Waals surface area contributed by atoms with E-state index in [1.54, 1.807) is 41.5 Å². The summed E-state index contributed by atoms with van der Waals surface area (Å²) in [5.74, 6) is -1.18. The van der Waals surface area contributed by atoms with Gasteiger partial charge in [0, 0.05) is 30.9 Å². The summed E-state index contributed by atoms with van der Waals surface area (Å²) in [6, 6.07) is 3.79. The van der Waals surface area contributed by atoms with E-state index in [9.17, 15) is 18.8 Å². The SMILES string of the molecule is COc1c(Cl)cc(F)cc1Nc1c(-c2ccnc(N(C(=O)OC(C)(C)C)C(=O)OC(C)(C)C)n2)[nH]c2c1C(=O)NCC2. The highest BCUT2D eigenvalue weighted by atomic mass is 35.5. The second-order valence-electron chi connectivity index (χ2n) is 11.4. The van der Waals surface area contributed by atoms with Crippen LogP contribution in [0.2, 0.25) is 5.02 Å². The van der Waals surface area contributed by atoms with Crippen LogP contribution in [0.3, 0.4) is 0 Å².